The summed E-state index contributed by atoms with van der Waals surface area (Å²) >= 11 is 0. The van der Waals surface area contributed by atoms with Crippen LogP contribution >= 0.6 is 0 Å². The van der Waals surface area contributed by atoms with Crippen LogP contribution in [-0.2, 0) is 9.59 Å². The Hall–Kier alpha value is -1.79. The molecule has 0 spiro atoms. The van der Waals surface area contributed by atoms with Gasteiger partial charge in [-0.1, -0.05) is 20.8 Å². The molecule has 120 valence electrons. The van der Waals surface area contributed by atoms with Crippen molar-refractivity contribution in [3.63, 3.8) is 0 Å². The molecule has 0 aliphatic heterocycles. The number of nitrogens with one attached hydrogen (secondary N) is 3. The van der Waals surface area contributed by atoms with Crippen molar-refractivity contribution in [1.29, 1.82) is 0 Å². The summed E-state index contributed by atoms with van der Waals surface area (Å²) in [4.78, 5) is 34.5. The first-order valence-electron chi connectivity index (χ1n) is 7.19. The molecule has 7 nitrogen and oxygen atoms in total. The Morgan fingerprint density at radius 2 is 1.76 bits per heavy atom. The van der Waals surface area contributed by atoms with Crippen LogP contribution in [0.25, 0.3) is 0 Å². The van der Waals surface area contributed by atoms with Crippen LogP contribution in [0.1, 0.15) is 47.0 Å². The van der Waals surface area contributed by atoms with Crippen molar-refractivity contribution in [2.45, 2.75) is 65.1 Å². The summed E-state index contributed by atoms with van der Waals surface area (Å²) in [7, 11) is 0. The smallest absolute Gasteiger partial charge is 0.315 e. The minimum atomic E-state index is -0.977. The SMILES string of the molecule is CC(NC(=O)NC(CC(=O)O)C(C)(C)C)C(=O)NC1CC1. The molecule has 4 N–H and O–H groups in total. The van der Waals surface area contributed by atoms with Gasteiger partial charge in [-0.3, -0.25) is 9.59 Å². The van der Waals surface area contributed by atoms with E-state index in [1.807, 2.05) is 20.8 Å². The Morgan fingerprint density at radius 3 is 2.19 bits per heavy atom. The van der Waals surface area contributed by atoms with E-state index < -0.39 is 29.5 Å². The maximum Gasteiger partial charge on any atom is 0.315 e. The second-order valence-corrected chi connectivity index (χ2v) is 6.64. The third-order valence-corrected chi connectivity index (χ3v) is 3.39. The third-order valence-electron chi connectivity index (χ3n) is 3.39. The van der Waals surface area contributed by atoms with E-state index >= 15 is 0 Å². The number of aliphatic carboxylic acids is 1. The van der Waals surface area contributed by atoms with Crippen LogP contribution < -0.4 is 16.0 Å². The third kappa shape index (κ3) is 6.46. The van der Waals surface area contributed by atoms with E-state index in [1.54, 1.807) is 6.92 Å². The molecule has 0 saturated heterocycles. The monoisotopic (exact) mass is 299 g/mol. The maximum absolute atomic E-state index is 11.9. The van der Waals surface area contributed by atoms with Gasteiger partial charge in [0.25, 0.3) is 0 Å². The molecule has 1 aliphatic rings. The Morgan fingerprint density at radius 1 is 1.19 bits per heavy atom. The Kier molecular flexibility index (Phi) is 5.57. The largest absolute Gasteiger partial charge is 0.481 e. The highest BCUT2D eigenvalue weighted by atomic mass is 16.4. The minimum absolute atomic E-state index is 0.167. The topological polar surface area (TPSA) is 108 Å². The van der Waals surface area contributed by atoms with Crippen LogP contribution in [0.15, 0.2) is 0 Å². The second kappa shape index (κ2) is 6.78. The van der Waals surface area contributed by atoms with Gasteiger partial charge in [-0.15, -0.1) is 0 Å². The number of urea groups is 1. The lowest BCUT2D eigenvalue weighted by molar-refractivity contribution is -0.138. The first-order valence-corrected chi connectivity index (χ1v) is 7.19. The van der Waals surface area contributed by atoms with Gasteiger partial charge in [-0.25, -0.2) is 4.79 Å². The molecule has 7 heteroatoms. The Balaban J connectivity index is 2.48. The van der Waals surface area contributed by atoms with E-state index in [4.69, 9.17) is 5.11 Å². The molecule has 1 fully saturated rings. The number of hydrogen-bond donors (Lipinski definition) is 4. The van der Waals surface area contributed by atoms with Crippen molar-refractivity contribution >= 4 is 17.9 Å². The second-order valence-electron chi connectivity index (χ2n) is 6.64. The van der Waals surface area contributed by atoms with Crippen molar-refractivity contribution in [2.75, 3.05) is 0 Å². The van der Waals surface area contributed by atoms with Gasteiger partial charge in [0.15, 0.2) is 0 Å². The van der Waals surface area contributed by atoms with Crippen LogP contribution in [-0.4, -0.2) is 41.1 Å². The van der Waals surface area contributed by atoms with Gasteiger partial charge in [0.2, 0.25) is 5.91 Å². The fraction of sp³-hybridized carbons (Fsp3) is 0.786. The van der Waals surface area contributed by atoms with Gasteiger partial charge in [0, 0.05) is 12.1 Å². The average molecular weight is 299 g/mol. The van der Waals surface area contributed by atoms with Crippen LogP contribution in [0.4, 0.5) is 4.79 Å². The van der Waals surface area contributed by atoms with Crippen molar-refractivity contribution in [2.24, 2.45) is 5.41 Å². The predicted octanol–water partition coefficient (Wildman–Crippen LogP) is 0.842. The maximum atomic E-state index is 11.9. The molecule has 3 amide bonds. The van der Waals surface area contributed by atoms with Crippen LogP contribution in [0, 0.1) is 5.41 Å². The fourth-order valence-corrected chi connectivity index (χ4v) is 1.76. The number of hydrogen-bond acceptors (Lipinski definition) is 3. The highest BCUT2D eigenvalue weighted by Crippen LogP contribution is 2.22. The van der Waals surface area contributed by atoms with Gasteiger partial charge < -0.3 is 21.1 Å². The molecule has 0 radical (unpaired) electrons. The Bertz CT molecular complexity index is 413. The summed E-state index contributed by atoms with van der Waals surface area (Å²) in [5.41, 5.74) is -0.394. The zero-order valence-corrected chi connectivity index (χ0v) is 13.0. The van der Waals surface area contributed by atoms with Crippen molar-refractivity contribution < 1.29 is 19.5 Å². The van der Waals surface area contributed by atoms with E-state index in [1.165, 1.54) is 0 Å². The molecular weight excluding hydrogens is 274 g/mol. The normalized spacial score (nSPS) is 17.5. The fourth-order valence-electron chi connectivity index (χ4n) is 1.76. The molecule has 21 heavy (non-hydrogen) atoms. The molecule has 0 aromatic rings. The lowest BCUT2D eigenvalue weighted by Crippen LogP contribution is -2.53. The number of carboxylic acid groups (broad SMARTS) is 1. The van der Waals surface area contributed by atoms with Crippen LogP contribution in [0.5, 0.6) is 0 Å². The summed E-state index contributed by atoms with van der Waals surface area (Å²) in [5.74, 6) is -1.20. The van der Waals surface area contributed by atoms with Crippen LogP contribution in [0.2, 0.25) is 0 Å². The van der Waals surface area contributed by atoms with E-state index in [9.17, 15) is 14.4 Å². The number of rotatable bonds is 6. The lowest BCUT2D eigenvalue weighted by atomic mass is 9.85. The van der Waals surface area contributed by atoms with Gasteiger partial charge in [-0.05, 0) is 25.2 Å². The van der Waals surface area contributed by atoms with E-state index in [2.05, 4.69) is 16.0 Å². The molecule has 2 atom stereocenters. The predicted molar refractivity (Wildman–Crippen MR) is 77.8 cm³/mol. The van der Waals surface area contributed by atoms with E-state index in [0.717, 1.165) is 12.8 Å². The quantitative estimate of drug-likeness (QED) is 0.583. The average Bonchev–Trinajstić information content (AvgIpc) is 3.09. The number of amides is 3. The summed E-state index contributed by atoms with van der Waals surface area (Å²) in [6, 6.07) is -1.47. The Labute approximate surface area is 124 Å². The van der Waals surface area contributed by atoms with E-state index in [-0.39, 0.29) is 18.4 Å². The zero-order chi connectivity index (χ0) is 16.2. The summed E-state index contributed by atoms with van der Waals surface area (Å²) in [6.07, 6.45) is 1.80. The molecule has 0 aromatic heterocycles. The zero-order valence-electron chi connectivity index (χ0n) is 13.0. The molecule has 2 unspecified atom stereocenters. The lowest BCUT2D eigenvalue weighted by Gasteiger charge is -2.30. The number of carbonyl (C=O) groups excluding carboxylic acids is 2. The van der Waals surface area contributed by atoms with Gasteiger partial charge in [0.05, 0.1) is 6.42 Å². The first kappa shape index (κ1) is 17.3. The van der Waals surface area contributed by atoms with E-state index in [0.29, 0.717) is 0 Å². The van der Waals surface area contributed by atoms with Gasteiger partial charge in [-0.2, -0.15) is 0 Å². The standard InChI is InChI=1S/C14H25N3O4/c1-8(12(20)16-9-5-6-9)15-13(21)17-10(7-11(18)19)14(2,3)4/h8-10H,5-7H2,1-4H3,(H,16,20)(H,18,19)(H2,15,17,21). The highest BCUT2D eigenvalue weighted by Gasteiger charge is 2.30. The minimum Gasteiger partial charge on any atom is -0.481 e. The molecular formula is C14H25N3O4. The number of carboxylic acids is 1. The van der Waals surface area contributed by atoms with Crippen molar-refractivity contribution in [3.8, 4) is 0 Å². The van der Waals surface area contributed by atoms with Crippen molar-refractivity contribution in [1.82, 2.24) is 16.0 Å². The van der Waals surface area contributed by atoms with Crippen molar-refractivity contribution in [3.05, 3.63) is 0 Å². The molecule has 0 bridgehead atoms. The van der Waals surface area contributed by atoms with Gasteiger partial charge >= 0.3 is 12.0 Å². The summed E-state index contributed by atoms with van der Waals surface area (Å²) < 4.78 is 0. The summed E-state index contributed by atoms with van der Waals surface area (Å²) in [5, 5.41) is 16.9. The number of carbonyl (C=O) groups is 3. The molecule has 1 aliphatic carbocycles. The van der Waals surface area contributed by atoms with Crippen LogP contribution in [0.3, 0.4) is 0 Å². The molecule has 0 aromatic carbocycles. The first-order chi connectivity index (χ1) is 9.59. The summed E-state index contributed by atoms with van der Waals surface area (Å²) in [6.45, 7) is 7.15. The highest BCUT2D eigenvalue weighted by molar-refractivity contribution is 5.87. The van der Waals surface area contributed by atoms with Gasteiger partial charge in [0.1, 0.15) is 6.04 Å². The molecule has 0 heterocycles. The molecule has 1 rings (SSSR count). The molecule has 1 saturated carbocycles.